The van der Waals surface area contributed by atoms with Gasteiger partial charge in [-0.25, -0.2) is 14.4 Å². The zero-order valence-electron chi connectivity index (χ0n) is 16.0. The molecule has 1 N–H and O–H groups in total. The van der Waals surface area contributed by atoms with Crippen LogP contribution in [0.2, 0.25) is 0 Å². The van der Waals surface area contributed by atoms with Gasteiger partial charge in [-0.2, -0.15) is 0 Å². The molecule has 3 aromatic rings. The van der Waals surface area contributed by atoms with E-state index in [2.05, 4.69) is 20.2 Å². The summed E-state index contributed by atoms with van der Waals surface area (Å²) in [6.07, 6.45) is 1.41. The maximum Gasteiger partial charge on any atom is 0.270 e. The van der Waals surface area contributed by atoms with Gasteiger partial charge in [0.05, 0.1) is 5.69 Å². The second kappa shape index (κ2) is 8.68. The van der Waals surface area contributed by atoms with Gasteiger partial charge >= 0.3 is 0 Å². The van der Waals surface area contributed by atoms with Gasteiger partial charge in [0.25, 0.3) is 5.91 Å². The van der Waals surface area contributed by atoms with Crippen LogP contribution in [-0.4, -0.2) is 42.1 Å². The number of amides is 1. The molecule has 0 aliphatic carbocycles. The van der Waals surface area contributed by atoms with Gasteiger partial charge in [-0.3, -0.25) is 4.79 Å². The molecule has 0 spiro atoms. The predicted molar refractivity (Wildman–Crippen MR) is 110 cm³/mol. The van der Waals surface area contributed by atoms with Crippen LogP contribution in [0.15, 0.2) is 67.0 Å². The molecule has 0 saturated carbocycles. The van der Waals surface area contributed by atoms with Crippen molar-refractivity contribution in [2.75, 3.05) is 36.0 Å². The Hall–Kier alpha value is -3.48. The Morgan fingerprint density at radius 1 is 0.931 bits per heavy atom. The lowest BCUT2D eigenvalue weighted by Gasteiger charge is -2.36. The molecule has 1 saturated heterocycles. The Morgan fingerprint density at radius 3 is 2.38 bits per heavy atom. The summed E-state index contributed by atoms with van der Waals surface area (Å²) in [6, 6.07) is 18.2. The van der Waals surface area contributed by atoms with Gasteiger partial charge in [0.1, 0.15) is 23.7 Å². The molecule has 1 aliphatic rings. The van der Waals surface area contributed by atoms with Crippen LogP contribution in [0.1, 0.15) is 16.1 Å². The van der Waals surface area contributed by atoms with E-state index in [1.165, 1.54) is 12.4 Å². The van der Waals surface area contributed by atoms with Gasteiger partial charge in [-0.05, 0) is 17.7 Å². The fourth-order valence-electron chi connectivity index (χ4n) is 3.40. The SMILES string of the molecule is O=C(NCc1ccccc1)c1cc(N2CCN(c3ccccc3F)CC2)ncn1. The Labute approximate surface area is 169 Å². The molecule has 6 nitrogen and oxygen atoms in total. The van der Waals surface area contributed by atoms with Gasteiger partial charge < -0.3 is 15.1 Å². The zero-order chi connectivity index (χ0) is 20.1. The molecule has 29 heavy (non-hydrogen) atoms. The van der Waals surface area contributed by atoms with E-state index in [-0.39, 0.29) is 11.7 Å². The highest BCUT2D eigenvalue weighted by atomic mass is 19.1. The van der Waals surface area contributed by atoms with Gasteiger partial charge in [0.15, 0.2) is 0 Å². The number of anilines is 2. The summed E-state index contributed by atoms with van der Waals surface area (Å²) in [5.41, 5.74) is 1.98. The Morgan fingerprint density at radius 2 is 1.62 bits per heavy atom. The standard InChI is InChI=1S/C22H22FN5O/c23-18-8-4-5-9-20(18)27-10-12-28(13-11-27)21-14-19(25-16-26-21)22(29)24-15-17-6-2-1-3-7-17/h1-9,14,16H,10-13,15H2,(H,24,29). The molecule has 0 bridgehead atoms. The summed E-state index contributed by atoms with van der Waals surface area (Å²) >= 11 is 0. The number of halogens is 1. The number of rotatable bonds is 5. The lowest BCUT2D eigenvalue weighted by atomic mass is 10.2. The molecule has 7 heteroatoms. The molecule has 1 fully saturated rings. The number of aromatic nitrogens is 2. The summed E-state index contributed by atoms with van der Waals surface area (Å²) < 4.78 is 14.0. The molecule has 2 heterocycles. The van der Waals surface area contributed by atoms with Crippen molar-refractivity contribution >= 4 is 17.4 Å². The number of hydrogen-bond acceptors (Lipinski definition) is 5. The van der Waals surface area contributed by atoms with Gasteiger partial charge in [0.2, 0.25) is 0 Å². The normalized spacial score (nSPS) is 14.0. The number of nitrogens with one attached hydrogen (secondary N) is 1. The van der Waals surface area contributed by atoms with Gasteiger partial charge in [-0.15, -0.1) is 0 Å². The number of benzene rings is 2. The van der Waals surface area contributed by atoms with Crippen molar-refractivity contribution in [1.29, 1.82) is 0 Å². The first-order valence-corrected chi connectivity index (χ1v) is 9.59. The molecule has 1 amide bonds. The molecule has 0 unspecified atom stereocenters. The molecule has 1 aliphatic heterocycles. The number of carbonyl (C=O) groups is 1. The number of hydrogen-bond donors (Lipinski definition) is 1. The highest BCUT2D eigenvalue weighted by molar-refractivity contribution is 5.92. The first-order valence-electron chi connectivity index (χ1n) is 9.59. The molecule has 0 radical (unpaired) electrons. The Bertz CT molecular complexity index is 974. The summed E-state index contributed by atoms with van der Waals surface area (Å²) in [5, 5.41) is 2.88. The van der Waals surface area contributed by atoms with Crippen LogP contribution in [-0.2, 0) is 6.54 Å². The number of piperazine rings is 1. The van der Waals surface area contributed by atoms with Crippen LogP contribution >= 0.6 is 0 Å². The number of para-hydroxylation sites is 1. The first kappa shape index (κ1) is 18.9. The minimum absolute atomic E-state index is 0.208. The van der Waals surface area contributed by atoms with Crippen molar-refractivity contribution in [3.8, 4) is 0 Å². The van der Waals surface area contributed by atoms with E-state index in [1.54, 1.807) is 18.2 Å². The average molecular weight is 391 g/mol. The van der Waals surface area contributed by atoms with Gasteiger partial charge in [-0.1, -0.05) is 42.5 Å². The van der Waals surface area contributed by atoms with E-state index in [1.807, 2.05) is 41.3 Å². The average Bonchev–Trinajstić information content (AvgIpc) is 2.79. The van der Waals surface area contributed by atoms with Crippen molar-refractivity contribution in [3.63, 3.8) is 0 Å². The van der Waals surface area contributed by atoms with Crippen LogP contribution in [0.5, 0.6) is 0 Å². The maximum atomic E-state index is 14.0. The molecule has 1 aromatic heterocycles. The first-order chi connectivity index (χ1) is 14.2. The number of nitrogens with zero attached hydrogens (tertiary/aromatic N) is 4. The van der Waals surface area contributed by atoms with Crippen LogP contribution in [0, 0.1) is 5.82 Å². The summed E-state index contributed by atoms with van der Waals surface area (Å²) in [4.78, 5) is 25.0. The topological polar surface area (TPSA) is 61.4 Å². The Kier molecular flexibility index (Phi) is 5.65. The van der Waals surface area contributed by atoms with Crippen molar-refractivity contribution in [2.24, 2.45) is 0 Å². The summed E-state index contributed by atoms with van der Waals surface area (Å²) in [5.74, 6) is 0.265. The van der Waals surface area contributed by atoms with E-state index in [0.29, 0.717) is 49.9 Å². The van der Waals surface area contributed by atoms with E-state index in [9.17, 15) is 9.18 Å². The third-order valence-electron chi connectivity index (χ3n) is 4.98. The van der Waals surface area contributed by atoms with Crippen molar-refractivity contribution in [2.45, 2.75) is 6.54 Å². The highest BCUT2D eigenvalue weighted by Crippen LogP contribution is 2.22. The molecule has 4 rings (SSSR count). The second-order valence-corrected chi connectivity index (χ2v) is 6.86. The fourth-order valence-corrected chi connectivity index (χ4v) is 3.40. The fraction of sp³-hybridized carbons (Fsp3) is 0.227. The monoisotopic (exact) mass is 391 g/mol. The number of carbonyl (C=O) groups excluding carboxylic acids is 1. The Balaban J connectivity index is 1.38. The van der Waals surface area contributed by atoms with Crippen LogP contribution in [0.4, 0.5) is 15.9 Å². The molecular weight excluding hydrogens is 369 g/mol. The van der Waals surface area contributed by atoms with E-state index in [0.717, 1.165) is 5.56 Å². The van der Waals surface area contributed by atoms with Crippen LogP contribution in [0.3, 0.4) is 0 Å². The lowest BCUT2D eigenvalue weighted by Crippen LogP contribution is -2.47. The largest absolute Gasteiger partial charge is 0.366 e. The van der Waals surface area contributed by atoms with Crippen molar-refractivity contribution < 1.29 is 9.18 Å². The smallest absolute Gasteiger partial charge is 0.270 e. The van der Waals surface area contributed by atoms with E-state index in [4.69, 9.17) is 0 Å². The predicted octanol–water partition coefficient (Wildman–Crippen LogP) is 2.87. The minimum Gasteiger partial charge on any atom is -0.366 e. The maximum absolute atomic E-state index is 14.0. The van der Waals surface area contributed by atoms with Crippen molar-refractivity contribution in [3.05, 3.63) is 84.1 Å². The quantitative estimate of drug-likeness (QED) is 0.725. The zero-order valence-corrected chi connectivity index (χ0v) is 16.0. The third kappa shape index (κ3) is 4.51. The second-order valence-electron chi connectivity index (χ2n) is 6.86. The van der Waals surface area contributed by atoms with E-state index >= 15 is 0 Å². The molecular formula is C22H22FN5O. The van der Waals surface area contributed by atoms with Crippen LogP contribution < -0.4 is 15.1 Å². The minimum atomic E-state index is -0.234. The molecule has 2 aromatic carbocycles. The summed E-state index contributed by atoms with van der Waals surface area (Å²) in [7, 11) is 0. The molecule has 148 valence electrons. The van der Waals surface area contributed by atoms with Gasteiger partial charge in [0, 0.05) is 38.8 Å². The highest BCUT2D eigenvalue weighted by Gasteiger charge is 2.21. The van der Waals surface area contributed by atoms with Crippen molar-refractivity contribution in [1.82, 2.24) is 15.3 Å². The van der Waals surface area contributed by atoms with Crippen LogP contribution in [0.25, 0.3) is 0 Å². The third-order valence-corrected chi connectivity index (χ3v) is 4.98. The lowest BCUT2D eigenvalue weighted by molar-refractivity contribution is 0.0945. The van der Waals surface area contributed by atoms with E-state index < -0.39 is 0 Å². The summed E-state index contributed by atoms with van der Waals surface area (Å²) in [6.45, 7) is 3.19. The molecule has 0 atom stereocenters.